The second-order valence-electron chi connectivity index (χ2n) is 2.04. The molecular weight excluding hydrogens is 138 g/mol. The third-order valence-electron chi connectivity index (χ3n) is 1.29. The average molecular weight is 145 g/mol. The Morgan fingerprint density at radius 3 is 2.55 bits per heavy atom. The molecule has 0 spiro atoms. The molecule has 0 saturated heterocycles. The maximum absolute atomic E-state index is 9.87. The van der Waals surface area contributed by atoms with Crippen molar-refractivity contribution in [3.63, 3.8) is 0 Å². The summed E-state index contributed by atoms with van der Waals surface area (Å²) in [4.78, 5) is 9.87. The van der Waals surface area contributed by atoms with Gasteiger partial charge in [-0.3, -0.25) is 5.41 Å². The van der Waals surface area contributed by atoms with E-state index < -0.39 is 0 Å². The molecule has 0 aliphatic carbocycles. The predicted molar refractivity (Wildman–Crippen MR) is 43.5 cm³/mol. The van der Waals surface area contributed by atoms with E-state index in [9.17, 15) is 4.79 Å². The van der Waals surface area contributed by atoms with Gasteiger partial charge in [0, 0.05) is 11.6 Å². The van der Waals surface area contributed by atoms with Crippen molar-refractivity contribution in [3.05, 3.63) is 42.0 Å². The van der Waals surface area contributed by atoms with E-state index in [4.69, 9.17) is 5.41 Å². The minimum absolute atomic E-state index is 0.195. The normalized spacial score (nSPS) is 8.36. The zero-order valence-electron chi connectivity index (χ0n) is 5.87. The van der Waals surface area contributed by atoms with Gasteiger partial charge in [0.15, 0.2) is 0 Å². The van der Waals surface area contributed by atoms with E-state index >= 15 is 0 Å². The maximum atomic E-state index is 9.87. The largest absolute Gasteiger partial charge is 0.300 e. The second kappa shape index (κ2) is 3.49. The first kappa shape index (κ1) is 7.45. The summed E-state index contributed by atoms with van der Waals surface area (Å²) >= 11 is 0. The van der Waals surface area contributed by atoms with Crippen molar-refractivity contribution in [2.75, 3.05) is 0 Å². The minimum atomic E-state index is 0.195. The summed E-state index contributed by atoms with van der Waals surface area (Å²) in [5.74, 6) is 1.57. The summed E-state index contributed by atoms with van der Waals surface area (Å²) in [6.45, 7) is 0. The fourth-order valence-electron chi connectivity index (χ4n) is 0.760. The highest BCUT2D eigenvalue weighted by Gasteiger charge is 1.93. The Kier molecular flexibility index (Phi) is 2.37. The van der Waals surface area contributed by atoms with Gasteiger partial charge in [0.1, 0.15) is 5.94 Å². The molecule has 0 radical (unpaired) electrons. The number of carbonyl (C=O) groups excluding carboxylic acids is 1. The second-order valence-corrected chi connectivity index (χ2v) is 2.04. The highest BCUT2D eigenvalue weighted by molar-refractivity contribution is 6.10. The van der Waals surface area contributed by atoms with Crippen molar-refractivity contribution >= 4 is 11.7 Å². The van der Waals surface area contributed by atoms with Gasteiger partial charge in [0.2, 0.25) is 0 Å². The number of rotatable bonds is 2. The van der Waals surface area contributed by atoms with Crippen LogP contribution in [0.25, 0.3) is 0 Å². The Labute approximate surface area is 64.7 Å². The minimum Gasteiger partial charge on any atom is -0.300 e. The molecule has 0 fully saturated rings. The molecule has 0 heterocycles. The molecule has 0 aliphatic rings. The molecule has 1 aromatic carbocycles. The standard InChI is InChI=1S/C9H7NO/c10-9(6-7-11)8-4-2-1-3-5-8/h1-6,10H. The van der Waals surface area contributed by atoms with Crippen LogP contribution in [-0.2, 0) is 4.79 Å². The summed E-state index contributed by atoms with van der Waals surface area (Å²) in [6, 6.07) is 9.05. The van der Waals surface area contributed by atoms with Crippen molar-refractivity contribution in [1.29, 1.82) is 5.41 Å². The number of allylic oxidation sites excluding steroid dienone is 1. The third-order valence-corrected chi connectivity index (χ3v) is 1.29. The molecule has 1 aromatic rings. The van der Waals surface area contributed by atoms with E-state index in [1.54, 1.807) is 18.1 Å². The van der Waals surface area contributed by atoms with Crippen LogP contribution in [0.3, 0.4) is 0 Å². The summed E-state index contributed by atoms with van der Waals surface area (Å²) < 4.78 is 0. The van der Waals surface area contributed by atoms with Crippen LogP contribution in [0, 0.1) is 5.41 Å². The van der Waals surface area contributed by atoms with Crippen molar-refractivity contribution in [2.45, 2.75) is 0 Å². The van der Waals surface area contributed by atoms with Gasteiger partial charge in [-0.2, -0.15) is 0 Å². The lowest BCUT2D eigenvalue weighted by atomic mass is 10.1. The Balaban J connectivity index is 2.94. The van der Waals surface area contributed by atoms with E-state index in [1.807, 2.05) is 18.2 Å². The molecule has 2 heteroatoms. The molecule has 0 aromatic heterocycles. The number of benzene rings is 1. The molecule has 0 unspecified atom stereocenters. The van der Waals surface area contributed by atoms with Crippen LogP contribution in [0.5, 0.6) is 0 Å². The average Bonchev–Trinajstić information content (AvgIpc) is 2.07. The van der Waals surface area contributed by atoms with Crippen LogP contribution in [0.1, 0.15) is 5.56 Å². The van der Waals surface area contributed by atoms with Crippen LogP contribution in [0.4, 0.5) is 0 Å². The Morgan fingerprint density at radius 2 is 2.00 bits per heavy atom. The molecule has 11 heavy (non-hydrogen) atoms. The van der Waals surface area contributed by atoms with E-state index in [1.165, 1.54) is 0 Å². The first-order chi connectivity index (χ1) is 5.34. The number of hydrogen-bond acceptors (Lipinski definition) is 2. The van der Waals surface area contributed by atoms with Crippen LogP contribution in [0.15, 0.2) is 36.4 Å². The van der Waals surface area contributed by atoms with Gasteiger partial charge in [-0.05, 0) is 0 Å². The lowest BCUT2D eigenvalue weighted by molar-refractivity contribution is 0.569. The van der Waals surface area contributed by atoms with E-state index in [0.717, 1.165) is 11.6 Å². The smallest absolute Gasteiger partial charge is 0.126 e. The van der Waals surface area contributed by atoms with Crippen LogP contribution >= 0.6 is 0 Å². The highest BCUT2D eigenvalue weighted by Crippen LogP contribution is 1.98. The molecule has 0 bridgehead atoms. The van der Waals surface area contributed by atoms with E-state index in [0.29, 0.717) is 0 Å². The lowest BCUT2D eigenvalue weighted by Gasteiger charge is -1.93. The Hall–Kier alpha value is -1.66. The predicted octanol–water partition coefficient (Wildman–Crippen LogP) is 1.44. The van der Waals surface area contributed by atoms with Crippen LogP contribution in [-0.4, -0.2) is 11.7 Å². The molecule has 0 amide bonds. The molecule has 2 nitrogen and oxygen atoms in total. The Bertz CT molecular complexity index is 297. The quantitative estimate of drug-likeness (QED) is 0.496. The monoisotopic (exact) mass is 145 g/mol. The first-order valence-electron chi connectivity index (χ1n) is 3.19. The van der Waals surface area contributed by atoms with E-state index in [2.05, 4.69) is 0 Å². The molecule has 0 atom stereocenters. The van der Waals surface area contributed by atoms with Gasteiger partial charge in [-0.25, -0.2) is 4.79 Å². The van der Waals surface area contributed by atoms with E-state index in [-0.39, 0.29) is 5.71 Å². The summed E-state index contributed by atoms with van der Waals surface area (Å²) in [5, 5.41) is 7.31. The van der Waals surface area contributed by atoms with Gasteiger partial charge >= 0.3 is 0 Å². The lowest BCUT2D eigenvalue weighted by Crippen LogP contribution is -1.92. The van der Waals surface area contributed by atoms with Gasteiger partial charge < -0.3 is 0 Å². The first-order valence-corrected chi connectivity index (χ1v) is 3.19. The van der Waals surface area contributed by atoms with Gasteiger partial charge in [0.05, 0.1) is 5.71 Å². The van der Waals surface area contributed by atoms with Crippen LogP contribution < -0.4 is 0 Å². The fourth-order valence-corrected chi connectivity index (χ4v) is 0.760. The van der Waals surface area contributed by atoms with Crippen molar-refractivity contribution < 1.29 is 4.79 Å². The highest BCUT2D eigenvalue weighted by atomic mass is 16.1. The summed E-state index contributed by atoms with van der Waals surface area (Å²) in [6.07, 6.45) is 1.11. The topological polar surface area (TPSA) is 40.9 Å². The maximum Gasteiger partial charge on any atom is 0.126 e. The third kappa shape index (κ3) is 1.88. The van der Waals surface area contributed by atoms with Crippen molar-refractivity contribution in [3.8, 4) is 0 Å². The molecule has 0 aliphatic heterocycles. The van der Waals surface area contributed by atoms with Gasteiger partial charge in [-0.15, -0.1) is 0 Å². The SMILES string of the molecule is N=C(C=C=O)c1ccccc1. The fraction of sp³-hybridized carbons (Fsp3) is 0. The van der Waals surface area contributed by atoms with Crippen molar-refractivity contribution in [2.24, 2.45) is 0 Å². The van der Waals surface area contributed by atoms with Crippen LogP contribution in [0.2, 0.25) is 0 Å². The number of nitrogens with one attached hydrogen (secondary N) is 1. The zero-order chi connectivity index (χ0) is 8.10. The van der Waals surface area contributed by atoms with Gasteiger partial charge in [0.25, 0.3) is 0 Å². The molecule has 54 valence electrons. The number of hydrogen-bond donors (Lipinski definition) is 1. The Morgan fingerprint density at radius 1 is 1.36 bits per heavy atom. The molecular formula is C9H7NO. The summed E-state index contributed by atoms with van der Waals surface area (Å²) in [7, 11) is 0. The molecule has 1 rings (SSSR count). The molecule has 1 N–H and O–H groups in total. The summed E-state index contributed by atoms with van der Waals surface area (Å²) in [5.41, 5.74) is 0.927. The molecule has 0 saturated carbocycles. The zero-order valence-corrected chi connectivity index (χ0v) is 5.87. The van der Waals surface area contributed by atoms with Crippen molar-refractivity contribution in [1.82, 2.24) is 0 Å². The van der Waals surface area contributed by atoms with Gasteiger partial charge in [-0.1, -0.05) is 30.3 Å².